The molecule has 3 aromatic rings. The maximum absolute atomic E-state index is 12.4. The van der Waals surface area contributed by atoms with Crippen molar-refractivity contribution in [2.24, 2.45) is 0 Å². The summed E-state index contributed by atoms with van der Waals surface area (Å²) in [5, 5.41) is 6.78. The topological polar surface area (TPSA) is 33.2 Å². The summed E-state index contributed by atoms with van der Waals surface area (Å²) in [6.07, 6.45) is 0. The number of thiophene rings is 1. The van der Waals surface area contributed by atoms with Crippen molar-refractivity contribution in [1.29, 1.82) is 0 Å². The summed E-state index contributed by atoms with van der Waals surface area (Å²) in [4.78, 5) is 18.6. The van der Waals surface area contributed by atoms with Gasteiger partial charge in [0.15, 0.2) is 0 Å². The molecule has 3 nitrogen and oxygen atoms in total. The third-order valence-electron chi connectivity index (χ3n) is 3.09. The molecule has 0 aliphatic heterocycles. The quantitative estimate of drug-likeness (QED) is 0.725. The molecule has 0 saturated heterocycles. The lowest BCUT2D eigenvalue weighted by molar-refractivity contribution is 0.0780. The maximum Gasteiger partial charge on any atom is 0.273 e. The number of hydrogen-bond acceptors (Lipinski definition) is 4. The molecule has 5 heteroatoms. The second-order valence-electron chi connectivity index (χ2n) is 4.70. The summed E-state index contributed by atoms with van der Waals surface area (Å²) >= 11 is 3.14. The molecule has 0 unspecified atom stereocenters. The normalized spacial score (nSPS) is 10.5. The Balaban J connectivity index is 1.75. The van der Waals surface area contributed by atoms with Crippen molar-refractivity contribution in [3.63, 3.8) is 0 Å². The average molecular weight is 314 g/mol. The summed E-state index contributed by atoms with van der Waals surface area (Å²) in [5.41, 5.74) is 2.70. The first kappa shape index (κ1) is 14.0. The molecule has 0 fully saturated rings. The summed E-state index contributed by atoms with van der Waals surface area (Å²) in [6, 6.07) is 12.0. The van der Waals surface area contributed by atoms with E-state index < -0.39 is 0 Å². The molecule has 0 N–H and O–H groups in total. The predicted octanol–water partition coefficient (Wildman–Crippen LogP) is 4.14. The highest BCUT2D eigenvalue weighted by Crippen LogP contribution is 2.24. The van der Waals surface area contributed by atoms with E-state index in [-0.39, 0.29) is 5.91 Å². The second-order valence-corrected chi connectivity index (χ2v) is 6.33. The smallest absolute Gasteiger partial charge is 0.273 e. The second kappa shape index (κ2) is 6.20. The minimum Gasteiger partial charge on any atom is -0.336 e. The van der Waals surface area contributed by atoms with Gasteiger partial charge >= 0.3 is 0 Å². The van der Waals surface area contributed by atoms with Gasteiger partial charge in [0.05, 0.1) is 0 Å². The fraction of sp³-hybridized carbons (Fsp3) is 0.125. The number of rotatable bonds is 4. The van der Waals surface area contributed by atoms with Crippen LogP contribution >= 0.6 is 22.7 Å². The molecule has 0 bridgehead atoms. The molecule has 21 heavy (non-hydrogen) atoms. The van der Waals surface area contributed by atoms with E-state index in [0.29, 0.717) is 12.2 Å². The Morgan fingerprint density at radius 2 is 2.00 bits per heavy atom. The lowest BCUT2D eigenvalue weighted by Gasteiger charge is -2.14. The molecule has 106 valence electrons. The van der Waals surface area contributed by atoms with Crippen LogP contribution in [-0.4, -0.2) is 22.8 Å². The zero-order chi connectivity index (χ0) is 14.7. The van der Waals surface area contributed by atoms with E-state index in [4.69, 9.17) is 0 Å². The first-order valence-electron chi connectivity index (χ1n) is 6.51. The van der Waals surface area contributed by atoms with Gasteiger partial charge in [0.1, 0.15) is 10.7 Å². The Bertz CT molecular complexity index is 720. The standard InChI is InChI=1S/C16H14N2OS2/c1-18(9-12-7-8-20-10-12)16(19)14-11-21-15(17-14)13-5-3-2-4-6-13/h2-8,10-11H,9H2,1H3. The van der Waals surface area contributed by atoms with Gasteiger partial charge in [-0.3, -0.25) is 4.79 Å². The van der Waals surface area contributed by atoms with Crippen molar-refractivity contribution >= 4 is 28.6 Å². The van der Waals surface area contributed by atoms with Crippen LogP contribution in [0.15, 0.2) is 52.5 Å². The highest BCUT2D eigenvalue weighted by molar-refractivity contribution is 7.13. The number of carbonyl (C=O) groups excluding carboxylic acids is 1. The molecule has 0 radical (unpaired) electrons. The van der Waals surface area contributed by atoms with E-state index in [1.165, 1.54) is 11.3 Å². The summed E-state index contributed by atoms with van der Waals surface area (Å²) in [7, 11) is 1.81. The van der Waals surface area contributed by atoms with Gasteiger partial charge in [0, 0.05) is 24.5 Å². The van der Waals surface area contributed by atoms with Gasteiger partial charge in [-0.1, -0.05) is 30.3 Å². The molecule has 3 rings (SSSR count). The number of hydrogen-bond donors (Lipinski definition) is 0. The number of benzene rings is 1. The molecule has 0 atom stereocenters. The first-order valence-corrected chi connectivity index (χ1v) is 8.34. The van der Waals surface area contributed by atoms with Gasteiger partial charge in [0.25, 0.3) is 5.91 Å². The largest absolute Gasteiger partial charge is 0.336 e. The zero-order valence-electron chi connectivity index (χ0n) is 11.5. The summed E-state index contributed by atoms with van der Waals surface area (Å²) < 4.78 is 0. The number of carbonyl (C=O) groups is 1. The van der Waals surface area contributed by atoms with E-state index in [9.17, 15) is 4.79 Å². The molecule has 2 aromatic heterocycles. The van der Waals surface area contributed by atoms with Crippen LogP contribution in [-0.2, 0) is 6.54 Å². The fourth-order valence-corrected chi connectivity index (χ4v) is 3.47. The Morgan fingerprint density at radius 3 is 2.71 bits per heavy atom. The molecule has 0 spiro atoms. The Morgan fingerprint density at radius 1 is 1.19 bits per heavy atom. The number of aromatic nitrogens is 1. The monoisotopic (exact) mass is 314 g/mol. The van der Waals surface area contributed by atoms with Gasteiger partial charge in [-0.05, 0) is 22.4 Å². The highest BCUT2D eigenvalue weighted by atomic mass is 32.1. The van der Waals surface area contributed by atoms with Crippen molar-refractivity contribution in [2.45, 2.75) is 6.54 Å². The summed E-state index contributed by atoms with van der Waals surface area (Å²) in [5.74, 6) is -0.0420. The van der Waals surface area contributed by atoms with Crippen LogP contribution in [0.1, 0.15) is 16.1 Å². The highest BCUT2D eigenvalue weighted by Gasteiger charge is 2.16. The number of amides is 1. The third kappa shape index (κ3) is 3.20. The molecule has 0 aliphatic rings. The van der Waals surface area contributed by atoms with Crippen LogP contribution in [0.5, 0.6) is 0 Å². The van der Waals surface area contributed by atoms with Gasteiger partial charge in [-0.2, -0.15) is 11.3 Å². The van der Waals surface area contributed by atoms with Crippen LogP contribution in [0.2, 0.25) is 0 Å². The molecule has 1 amide bonds. The van der Waals surface area contributed by atoms with Crippen molar-refractivity contribution in [3.05, 3.63) is 63.8 Å². The molecular weight excluding hydrogens is 300 g/mol. The van der Waals surface area contributed by atoms with Crippen LogP contribution in [0.4, 0.5) is 0 Å². The maximum atomic E-state index is 12.4. The Kier molecular flexibility index (Phi) is 4.13. The minimum atomic E-state index is -0.0420. The van der Waals surface area contributed by atoms with Gasteiger partial charge < -0.3 is 4.90 Å². The van der Waals surface area contributed by atoms with Crippen LogP contribution < -0.4 is 0 Å². The summed E-state index contributed by atoms with van der Waals surface area (Å²) in [6.45, 7) is 0.612. The van der Waals surface area contributed by atoms with Crippen molar-refractivity contribution in [3.8, 4) is 10.6 Å². The van der Waals surface area contributed by atoms with Gasteiger partial charge in [-0.25, -0.2) is 4.98 Å². The predicted molar refractivity (Wildman–Crippen MR) is 87.7 cm³/mol. The van der Waals surface area contributed by atoms with Crippen LogP contribution in [0.25, 0.3) is 10.6 Å². The van der Waals surface area contributed by atoms with Crippen molar-refractivity contribution < 1.29 is 4.79 Å². The van der Waals surface area contributed by atoms with Gasteiger partial charge in [-0.15, -0.1) is 11.3 Å². The number of nitrogens with zero attached hydrogens (tertiary/aromatic N) is 2. The van der Waals surface area contributed by atoms with E-state index in [0.717, 1.165) is 16.1 Å². The Hall–Kier alpha value is -1.98. The molecule has 0 saturated carbocycles. The SMILES string of the molecule is CN(Cc1ccsc1)C(=O)c1csc(-c2ccccc2)n1. The van der Waals surface area contributed by atoms with Crippen molar-refractivity contribution in [1.82, 2.24) is 9.88 Å². The average Bonchev–Trinajstić information content (AvgIpc) is 3.18. The van der Waals surface area contributed by atoms with E-state index >= 15 is 0 Å². The van der Waals surface area contributed by atoms with Gasteiger partial charge in [0.2, 0.25) is 0 Å². The Labute approximate surface area is 131 Å². The third-order valence-corrected chi connectivity index (χ3v) is 4.71. The van der Waals surface area contributed by atoms with Crippen molar-refractivity contribution in [2.75, 3.05) is 7.05 Å². The number of thiazole rings is 1. The van der Waals surface area contributed by atoms with E-state index in [1.54, 1.807) is 16.2 Å². The minimum absolute atomic E-state index is 0.0420. The molecule has 0 aliphatic carbocycles. The van der Waals surface area contributed by atoms with E-state index in [2.05, 4.69) is 10.4 Å². The lowest BCUT2D eigenvalue weighted by Crippen LogP contribution is -2.26. The zero-order valence-corrected chi connectivity index (χ0v) is 13.2. The molecular formula is C16H14N2OS2. The van der Waals surface area contributed by atoms with Crippen LogP contribution in [0, 0.1) is 0 Å². The lowest BCUT2D eigenvalue weighted by atomic mass is 10.2. The fourth-order valence-electron chi connectivity index (χ4n) is 2.01. The molecule has 2 heterocycles. The molecule has 1 aromatic carbocycles. The van der Waals surface area contributed by atoms with Crippen LogP contribution in [0.3, 0.4) is 0 Å². The van der Waals surface area contributed by atoms with E-state index in [1.807, 2.05) is 54.2 Å². The first-order chi connectivity index (χ1) is 10.2.